The van der Waals surface area contributed by atoms with Crippen LogP contribution in [-0.2, 0) is 27.9 Å². The van der Waals surface area contributed by atoms with Gasteiger partial charge in [-0.05, 0) is 63.9 Å². The fourth-order valence-corrected chi connectivity index (χ4v) is 10.7. The summed E-state index contributed by atoms with van der Waals surface area (Å²) in [6.45, 7) is 7.02. The van der Waals surface area contributed by atoms with Crippen molar-refractivity contribution in [1.82, 2.24) is 5.32 Å². The van der Waals surface area contributed by atoms with Crippen LogP contribution < -0.4 is 5.32 Å². The first kappa shape index (κ1) is 75.2. The van der Waals surface area contributed by atoms with Crippen LogP contribution in [0, 0.1) is 0 Å². The van der Waals surface area contributed by atoms with E-state index in [0.717, 1.165) is 64.2 Å². The molecule has 2 N–H and O–H groups in total. The van der Waals surface area contributed by atoms with E-state index < -0.39 is 20.0 Å². The molecule has 0 saturated heterocycles. The van der Waals surface area contributed by atoms with Crippen molar-refractivity contribution >= 4 is 19.7 Å². The number of nitrogens with one attached hydrogen (secondary N) is 1. The highest BCUT2D eigenvalue weighted by Crippen LogP contribution is 2.43. The van der Waals surface area contributed by atoms with Crippen molar-refractivity contribution in [3.05, 3.63) is 36.5 Å². The van der Waals surface area contributed by atoms with Crippen LogP contribution in [0.1, 0.15) is 329 Å². The van der Waals surface area contributed by atoms with Gasteiger partial charge in [-0.3, -0.25) is 18.6 Å². The zero-order valence-electron chi connectivity index (χ0n) is 52.0. The molecule has 0 heterocycles. The lowest BCUT2D eigenvalue weighted by Gasteiger charge is -2.27. The Labute approximate surface area is 478 Å². The van der Waals surface area contributed by atoms with Gasteiger partial charge in [0.1, 0.15) is 19.3 Å². The van der Waals surface area contributed by atoms with E-state index in [1.165, 1.54) is 231 Å². The molecule has 3 atom stereocenters. The smallest absolute Gasteiger partial charge is 0.456 e. The summed E-state index contributed by atoms with van der Waals surface area (Å²) in [4.78, 5) is 37.7. The number of phosphoric ester groups is 1. The maximum atomic E-state index is 13.6. The Hall–Kier alpha value is -1.77. The molecule has 0 fully saturated rings. The fourth-order valence-electron chi connectivity index (χ4n) is 9.91. The molecule has 3 unspecified atom stereocenters. The highest BCUT2D eigenvalue weighted by Gasteiger charge is 2.30. The Balaban J connectivity index is 4.94. The Bertz CT molecular complexity index is 1410. The molecule has 77 heavy (non-hydrogen) atoms. The molecule has 0 aromatic carbocycles. The van der Waals surface area contributed by atoms with E-state index in [4.69, 9.17) is 13.8 Å². The van der Waals surface area contributed by atoms with Crippen LogP contribution in [0.15, 0.2) is 36.5 Å². The average Bonchev–Trinajstić information content (AvgIpc) is 3.39. The van der Waals surface area contributed by atoms with Crippen LogP contribution in [0.3, 0.4) is 0 Å². The topological polar surface area (TPSA) is 111 Å². The van der Waals surface area contributed by atoms with Gasteiger partial charge in [-0.2, -0.15) is 0 Å². The van der Waals surface area contributed by atoms with Gasteiger partial charge in [0, 0.05) is 12.8 Å². The van der Waals surface area contributed by atoms with E-state index in [1.807, 2.05) is 33.3 Å². The Morgan fingerprint density at radius 1 is 0.455 bits per heavy atom. The maximum Gasteiger partial charge on any atom is 0.472 e. The van der Waals surface area contributed by atoms with Crippen molar-refractivity contribution < 1.29 is 37.3 Å². The van der Waals surface area contributed by atoms with Gasteiger partial charge in [0.05, 0.1) is 33.8 Å². The minimum absolute atomic E-state index is 0.0435. The van der Waals surface area contributed by atoms with Crippen molar-refractivity contribution in [2.24, 2.45) is 0 Å². The van der Waals surface area contributed by atoms with Gasteiger partial charge in [0.2, 0.25) is 5.91 Å². The third-order valence-electron chi connectivity index (χ3n) is 15.1. The van der Waals surface area contributed by atoms with E-state index in [9.17, 15) is 19.0 Å². The number of carbonyl (C=O) groups excluding carboxylic acids is 2. The summed E-state index contributed by atoms with van der Waals surface area (Å²) in [6.07, 6.45) is 70.1. The number of carbonyl (C=O) groups is 2. The van der Waals surface area contributed by atoms with E-state index in [0.29, 0.717) is 23.9 Å². The van der Waals surface area contributed by atoms with Crippen LogP contribution in [0.25, 0.3) is 0 Å². The quantitative estimate of drug-likeness (QED) is 0.0205. The summed E-state index contributed by atoms with van der Waals surface area (Å²) in [6, 6.07) is -0.842. The van der Waals surface area contributed by atoms with Crippen molar-refractivity contribution in [2.75, 3.05) is 40.9 Å². The second-order valence-electron chi connectivity index (χ2n) is 24.0. The van der Waals surface area contributed by atoms with Crippen LogP contribution in [0.2, 0.25) is 0 Å². The highest BCUT2D eigenvalue weighted by molar-refractivity contribution is 7.47. The first-order valence-electron chi connectivity index (χ1n) is 33.3. The van der Waals surface area contributed by atoms with E-state index in [1.54, 1.807) is 0 Å². The predicted molar refractivity (Wildman–Crippen MR) is 332 cm³/mol. The number of allylic oxidation sites excluding steroid dienone is 5. The Kier molecular flexibility index (Phi) is 56.1. The number of ether oxygens (including phenoxy) is 1. The molecule has 0 aliphatic heterocycles. The molecule has 0 aliphatic rings. The molecule has 0 radical (unpaired) electrons. The lowest BCUT2D eigenvalue weighted by molar-refractivity contribution is -0.870. The van der Waals surface area contributed by atoms with E-state index in [-0.39, 0.29) is 25.1 Å². The summed E-state index contributed by atoms with van der Waals surface area (Å²) in [5, 5.41) is 3.07. The molecule has 0 saturated carbocycles. The maximum absolute atomic E-state index is 13.6. The minimum Gasteiger partial charge on any atom is -0.456 e. The van der Waals surface area contributed by atoms with Crippen molar-refractivity contribution in [1.29, 1.82) is 0 Å². The number of hydrogen-bond acceptors (Lipinski definition) is 6. The zero-order valence-corrected chi connectivity index (χ0v) is 52.9. The third kappa shape index (κ3) is 58.7. The molecule has 10 heteroatoms. The summed E-state index contributed by atoms with van der Waals surface area (Å²) in [5.41, 5.74) is 0. The lowest BCUT2D eigenvalue weighted by atomic mass is 10.0. The van der Waals surface area contributed by atoms with Gasteiger partial charge >= 0.3 is 13.8 Å². The molecule has 0 aromatic rings. The van der Waals surface area contributed by atoms with Gasteiger partial charge in [-0.25, -0.2) is 4.57 Å². The molecule has 0 aromatic heterocycles. The molecule has 0 spiro atoms. The largest absolute Gasteiger partial charge is 0.472 e. The van der Waals surface area contributed by atoms with Crippen LogP contribution in [0.4, 0.5) is 0 Å². The molecule has 0 bridgehead atoms. The van der Waals surface area contributed by atoms with E-state index in [2.05, 4.69) is 50.4 Å². The number of hydrogen-bond donors (Lipinski definition) is 2. The third-order valence-corrected chi connectivity index (χ3v) is 16.1. The SMILES string of the molecule is CCCCC/C=C\C/C=C\CCCCCCCCCCCCCCCCCCCC(=O)NC(COP(=O)(O)OCC[N+](C)(C)C)C(/C=C\CCCCCCCCCCC)OC(=O)CCCCCCCCCCCCCCC. The number of phosphoric acid groups is 1. The van der Waals surface area contributed by atoms with Crippen LogP contribution in [-0.4, -0.2) is 74.3 Å². The van der Waals surface area contributed by atoms with Gasteiger partial charge < -0.3 is 19.4 Å². The van der Waals surface area contributed by atoms with Gasteiger partial charge in [0.15, 0.2) is 0 Å². The molecular formula is C67H130N2O7P+. The van der Waals surface area contributed by atoms with Gasteiger partial charge in [-0.1, -0.05) is 289 Å². The molecule has 9 nitrogen and oxygen atoms in total. The number of likely N-dealkylation sites (N-methyl/N-ethyl adjacent to an activating group) is 1. The van der Waals surface area contributed by atoms with Crippen molar-refractivity contribution in [2.45, 2.75) is 341 Å². The molecule has 0 aliphatic carbocycles. The highest BCUT2D eigenvalue weighted by atomic mass is 31.2. The normalized spacial score (nSPS) is 13.8. The summed E-state index contributed by atoms with van der Waals surface area (Å²) in [5.74, 6) is -0.489. The summed E-state index contributed by atoms with van der Waals surface area (Å²) >= 11 is 0. The number of quaternary nitrogens is 1. The average molecular weight is 1110 g/mol. The summed E-state index contributed by atoms with van der Waals surface area (Å²) in [7, 11) is 1.51. The lowest BCUT2D eigenvalue weighted by Crippen LogP contribution is -2.47. The van der Waals surface area contributed by atoms with E-state index >= 15 is 0 Å². The Morgan fingerprint density at radius 2 is 0.792 bits per heavy atom. The predicted octanol–water partition coefficient (Wildman–Crippen LogP) is 20.7. The second-order valence-corrected chi connectivity index (χ2v) is 25.5. The number of nitrogens with zero attached hydrogens (tertiary/aromatic N) is 1. The molecular weight excluding hydrogens is 976 g/mol. The van der Waals surface area contributed by atoms with Crippen molar-refractivity contribution in [3.8, 4) is 0 Å². The monoisotopic (exact) mass is 1110 g/mol. The number of esters is 1. The zero-order chi connectivity index (χ0) is 56.4. The number of amides is 1. The van der Waals surface area contributed by atoms with Crippen LogP contribution >= 0.6 is 7.82 Å². The first-order chi connectivity index (χ1) is 37.4. The number of rotatable bonds is 61. The van der Waals surface area contributed by atoms with Crippen LogP contribution in [0.5, 0.6) is 0 Å². The first-order valence-corrected chi connectivity index (χ1v) is 34.8. The minimum atomic E-state index is -4.44. The molecule has 454 valence electrons. The second kappa shape index (κ2) is 57.5. The Morgan fingerprint density at radius 3 is 1.19 bits per heavy atom. The van der Waals surface area contributed by atoms with Gasteiger partial charge in [-0.15, -0.1) is 0 Å². The standard InChI is InChI=1S/C67H129N2O7P/c1-7-10-13-16-19-22-25-27-28-29-30-31-32-33-34-35-36-37-38-39-40-42-44-47-50-53-56-59-66(70)68-64(63-75-77(72,73)74-62-61-69(4,5)6)65(58-55-52-49-46-43-24-21-18-15-12-9-3)76-67(71)60-57-54-51-48-45-41-26-23-20-17-14-11-8-2/h19,22,27-28,55,58,64-65H,7-18,20-21,23-26,29-54,56-57,59-63H2,1-6H3,(H-,68,70,72,73)/p+1/b22-19-,28-27-,58-55-. The summed E-state index contributed by atoms with van der Waals surface area (Å²) < 4.78 is 30.7. The number of unbranched alkanes of at least 4 members (excludes halogenated alkanes) is 41. The fraction of sp³-hybridized carbons (Fsp3) is 0.881. The molecule has 1 amide bonds. The van der Waals surface area contributed by atoms with Crippen molar-refractivity contribution in [3.63, 3.8) is 0 Å². The van der Waals surface area contributed by atoms with Gasteiger partial charge in [0.25, 0.3) is 0 Å². The molecule has 0 rings (SSSR count).